The number of fused-ring (bicyclic) bond motifs is 1. The molecule has 3 heterocycles. The van der Waals surface area contributed by atoms with Crippen molar-refractivity contribution in [3.63, 3.8) is 0 Å². The maximum absolute atomic E-state index is 14.1. The van der Waals surface area contributed by atoms with Gasteiger partial charge in [-0.05, 0) is 87.5 Å². The van der Waals surface area contributed by atoms with E-state index >= 15 is 0 Å². The molecule has 0 bridgehead atoms. The minimum absolute atomic E-state index is 0.0103. The number of aliphatic hydroxyl groups is 1. The molecule has 1 saturated carbocycles. The van der Waals surface area contributed by atoms with Crippen molar-refractivity contribution < 1.29 is 13.9 Å². The summed E-state index contributed by atoms with van der Waals surface area (Å²) < 4.78 is 29.7. The molecule has 38 heavy (non-hydrogen) atoms. The minimum atomic E-state index is -1.09. The minimum Gasteiger partial charge on any atom is -0.387 e. The molecular weight excluding hydrogens is 510 g/mol. The summed E-state index contributed by atoms with van der Waals surface area (Å²) in [5, 5.41) is 19.9. The van der Waals surface area contributed by atoms with E-state index in [0.29, 0.717) is 30.1 Å². The molecule has 1 aliphatic carbocycles. The van der Waals surface area contributed by atoms with Crippen LogP contribution in [0.2, 0.25) is 5.02 Å². The first kappa shape index (κ1) is 25.2. The smallest absolute Gasteiger partial charge is 0.227 e. The highest BCUT2D eigenvalue weighted by molar-refractivity contribution is 6.32. The number of benzene rings is 2. The van der Waals surface area contributed by atoms with Gasteiger partial charge in [-0.15, -0.1) is 0 Å². The summed E-state index contributed by atoms with van der Waals surface area (Å²) in [5.74, 6) is -0.413. The van der Waals surface area contributed by atoms with Crippen molar-refractivity contribution in [2.75, 3.05) is 25.0 Å². The highest BCUT2D eigenvalue weighted by Gasteiger charge is 2.27. The molecular formula is C28H29ClF2N6O. The van der Waals surface area contributed by atoms with Crippen LogP contribution in [0.1, 0.15) is 60.6 Å². The van der Waals surface area contributed by atoms with Gasteiger partial charge in [0, 0.05) is 28.7 Å². The van der Waals surface area contributed by atoms with Crippen molar-refractivity contribution in [1.29, 1.82) is 0 Å². The Bertz CT molecular complexity index is 1480. The number of hydrogen-bond donors (Lipinski definition) is 2. The number of halogens is 3. The predicted molar refractivity (Wildman–Crippen MR) is 143 cm³/mol. The fourth-order valence-corrected chi connectivity index (χ4v) is 5.66. The highest BCUT2D eigenvalue weighted by Crippen LogP contribution is 2.38. The predicted octanol–water partition coefficient (Wildman–Crippen LogP) is 6.06. The maximum Gasteiger partial charge on any atom is 0.227 e. The number of β-amino-alcohol motifs (C(OH)–C–C–N with tert-alkyl or cyclic N) is 1. The van der Waals surface area contributed by atoms with Crippen molar-refractivity contribution >= 4 is 34.1 Å². The third-order valence-electron chi connectivity index (χ3n) is 7.66. The number of nitrogens with one attached hydrogen (secondary N) is 1. The number of aliphatic hydroxyl groups excluding tert-OH is 1. The lowest BCUT2D eigenvalue weighted by Gasteiger charge is -2.33. The zero-order valence-electron chi connectivity index (χ0n) is 21.0. The molecule has 1 aliphatic heterocycles. The maximum atomic E-state index is 14.1. The molecule has 1 atom stereocenters. The molecule has 6 rings (SSSR count). The standard InChI is InChI=1S/C28H29ClF2N6O/c1-16-26(14-33-37(16)20-3-4-20)35-28-32-13-18-10-23(29)21(12-25(18)34-28)17-6-8-36(9-7-17)15-27(38)22-11-19(30)2-5-24(22)31/h2,5,10-14,17,20,27,38H,3-4,6-9,15H2,1H3,(H,32,34,35)/t27-/m1/s1. The lowest BCUT2D eigenvalue weighted by molar-refractivity contribution is 0.0945. The number of likely N-dealkylation sites (tertiary alicyclic amines) is 1. The fraction of sp³-hybridized carbons (Fsp3) is 0.393. The van der Waals surface area contributed by atoms with Crippen LogP contribution in [0.3, 0.4) is 0 Å². The Morgan fingerprint density at radius 1 is 1.11 bits per heavy atom. The first-order valence-corrected chi connectivity index (χ1v) is 13.4. The van der Waals surface area contributed by atoms with E-state index in [1.807, 2.05) is 25.3 Å². The summed E-state index contributed by atoms with van der Waals surface area (Å²) in [7, 11) is 0. The molecule has 2 aliphatic rings. The Labute approximate surface area is 224 Å². The van der Waals surface area contributed by atoms with Gasteiger partial charge in [0.05, 0.1) is 35.2 Å². The van der Waals surface area contributed by atoms with E-state index in [2.05, 4.69) is 25.0 Å². The molecule has 0 radical (unpaired) electrons. The lowest BCUT2D eigenvalue weighted by atomic mass is 9.88. The number of anilines is 2. The Balaban J connectivity index is 1.14. The first-order chi connectivity index (χ1) is 18.4. The van der Waals surface area contributed by atoms with E-state index in [0.717, 1.165) is 58.9 Å². The van der Waals surface area contributed by atoms with Crippen molar-refractivity contribution in [3.05, 3.63) is 76.2 Å². The molecule has 2 aromatic heterocycles. The second-order valence-corrected chi connectivity index (χ2v) is 10.7. The van der Waals surface area contributed by atoms with Crippen LogP contribution in [0.25, 0.3) is 10.9 Å². The molecule has 2 N–H and O–H groups in total. The van der Waals surface area contributed by atoms with Gasteiger partial charge >= 0.3 is 0 Å². The molecule has 0 unspecified atom stereocenters. The number of hydrogen-bond acceptors (Lipinski definition) is 6. The van der Waals surface area contributed by atoms with E-state index in [1.54, 1.807) is 6.20 Å². The van der Waals surface area contributed by atoms with Crippen LogP contribution in [-0.4, -0.2) is 49.4 Å². The molecule has 2 aromatic carbocycles. The largest absolute Gasteiger partial charge is 0.387 e. The van der Waals surface area contributed by atoms with Gasteiger partial charge in [-0.1, -0.05) is 11.6 Å². The van der Waals surface area contributed by atoms with Crippen molar-refractivity contribution in [1.82, 2.24) is 24.6 Å². The SMILES string of the molecule is Cc1c(Nc2ncc3cc(Cl)c(C4CCN(C[C@@H](O)c5cc(F)ccc5F)CC4)cc3n2)cnn1C1CC1. The number of piperidine rings is 1. The molecule has 2 fully saturated rings. The molecule has 0 amide bonds. The molecule has 1 saturated heterocycles. The van der Waals surface area contributed by atoms with E-state index in [-0.39, 0.29) is 18.0 Å². The normalized spacial score (nSPS) is 17.7. The van der Waals surface area contributed by atoms with Gasteiger partial charge in [0.2, 0.25) is 5.95 Å². The Morgan fingerprint density at radius 3 is 2.66 bits per heavy atom. The summed E-state index contributed by atoms with van der Waals surface area (Å²) in [6, 6.07) is 7.63. The third-order valence-corrected chi connectivity index (χ3v) is 7.99. The van der Waals surface area contributed by atoms with E-state index in [4.69, 9.17) is 16.6 Å². The van der Waals surface area contributed by atoms with Crippen LogP contribution in [0.15, 0.2) is 42.7 Å². The van der Waals surface area contributed by atoms with Gasteiger partial charge in [-0.2, -0.15) is 5.10 Å². The Morgan fingerprint density at radius 2 is 1.89 bits per heavy atom. The molecule has 0 spiro atoms. The molecule has 7 nitrogen and oxygen atoms in total. The quantitative estimate of drug-likeness (QED) is 0.298. The third kappa shape index (κ3) is 5.10. The van der Waals surface area contributed by atoms with Crippen LogP contribution in [0.4, 0.5) is 20.4 Å². The van der Waals surface area contributed by atoms with Gasteiger partial charge in [0.1, 0.15) is 11.6 Å². The fourth-order valence-electron chi connectivity index (χ4n) is 5.33. The summed E-state index contributed by atoms with van der Waals surface area (Å²) in [5.41, 5.74) is 3.82. The van der Waals surface area contributed by atoms with Crippen molar-refractivity contribution in [3.8, 4) is 0 Å². The van der Waals surface area contributed by atoms with Crippen LogP contribution in [0.5, 0.6) is 0 Å². The summed E-state index contributed by atoms with van der Waals surface area (Å²) in [6.07, 6.45) is 6.51. The summed E-state index contributed by atoms with van der Waals surface area (Å²) >= 11 is 6.69. The van der Waals surface area contributed by atoms with Crippen LogP contribution in [-0.2, 0) is 0 Å². The van der Waals surface area contributed by atoms with Crippen LogP contribution in [0, 0.1) is 18.6 Å². The zero-order valence-corrected chi connectivity index (χ0v) is 21.8. The molecule has 10 heteroatoms. The molecule has 4 aromatic rings. The monoisotopic (exact) mass is 538 g/mol. The summed E-state index contributed by atoms with van der Waals surface area (Å²) in [4.78, 5) is 11.3. The highest BCUT2D eigenvalue weighted by atomic mass is 35.5. The topological polar surface area (TPSA) is 79.1 Å². The Hall–Kier alpha value is -3.14. The van der Waals surface area contributed by atoms with E-state index in [1.165, 1.54) is 12.8 Å². The van der Waals surface area contributed by atoms with E-state index < -0.39 is 17.7 Å². The van der Waals surface area contributed by atoms with Gasteiger partial charge in [0.15, 0.2) is 0 Å². The zero-order chi connectivity index (χ0) is 26.4. The first-order valence-electron chi connectivity index (χ1n) is 13.0. The summed E-state index contributed by atoms with van der Waals surface area (Å²) in [6.45, 7) is 3.73. The van der Waals surface area contributed by atoms with Crippen LogP contribution >= 0.6 is 11.6 Å². The lowest BCUT2D eigenvalue weighted by Crippen LogP contribution is -2.36. The Kier molecular flexibility index (Phi) is 6.75. The van der Waals surface area contributed by atoms with E-state index in [9.17, 15) is 13.9 Å². The average Bonchev–Trinajstić information content (AvgIpc) is 3.69. The van der Waals surface area contributed by atoms with Gasteiger partial charge in [0.25, 0.3) is 0 Å². The van der Waals surface area contributed by atoms with Gasteiger partial charge in [-0.3, -0.25) is 4.68 Å². The molecule has 198 valence electrons. The van der Waals surface area contributed by atoms with Gasteiger partial charge in [-0.25, -0.2) is 18.7 Å². The number of aromatic nitrogens is 4. The number of nitrogens with zero attached hydrogens (tertiary/aromatic N) is 5. The van der Waals surface area contributed by atoms with Crippen molar-refractivity contribution in [2.45, 2.75) is 50.7 Å². The van der Waals surface area contributed by atoms with Gasteiger partial charge < -0.3 is 15.3 Å². The van der Waals surface area contributed by atoms with Crippen LogP contribution < -0.4 is 5.32 Å². The van der Waals surface area contributed by atoms with Crippen molar-refractivity contribution in [2.24, 2.45) is 0 Å². The second kappa shape index (κ2) is 10.2. The number of rotatable bonds is 7. The second-order valence-electron chi connectivity index (χ2n) is 10.3. The average molecular weight is 539 g/mol.